The topological polar surface area (TPSA) is 70.9 Å². The first kappa shape index (κ1) is 16.9. The van der Waals surface area contributed by atoms with Crippen molar-refractivity contribution in [3.8, 4) is 5.75 Å². The molecule has 0 atom stereocenters. The molecule has 5 nitrogen and oxygen atoms in total. The second-order valence-corrected chi connectivity index (χ2v) is 5.40. The fourth-order valence-electron chi connectivity index (χ4n) is 1.61. The summed E-state index contributed by atoms with van der Waals surface area (Å²) < 4.78 is 18.6. The third-order valence-corrected chi connectivity index (χ3v) is 3.20. The number of nitrogens with one attached hydrogen (secondary N) is 1. The lowest BCUT2D eigenvalue weighted by Crippen LogP contribution is -2.44. The molecule has 2 N–H and O–H groups in total. The molecule has 0 fully saturated rings. The van der Waals surface area contributed by atoms with E-state index in [4.69, 9.17) is 9.94 Å². The number of amides is 1. The van der Waals surface area contributed by atoms with E-state index in [9.17, 15) is 9.18 Å². The second kappa shape index (κ2) is 7.06. The average molecular weight is 296 g/mol. The summed E-state index contributed by atoms with van der Waals surface area (Å²) in [5.74, 6) is -0.626. The first-order valence-corrected chi connectivity index (χ1v) is 6.71. The predicted molar refractivity (Wildman–Crippen MR) is 78.4 cm³/mol. The molecule has 0 saturated heterocycles. The predicted octanol–water partition coefficient (Wildman–Crippen LogP) is 2.71. The highest BCUT2D eigenvalue weighted by Gasteiger charge is 2.18. The third kappa shape index (κ3) is 5.06. The quantitative estimate of drug-likeness (QED) is 0.481. The fraction of sp³-hybridized carbons (Fsp3) is 0.467. The highest BCUT2D eigenvalue weighted by Crippen LogP contribution is 2.21. The summed E-state index contributed by atoms with van der Waals surface area (Å²) >= 11 is 0. The molecule has 0 bridgehead atoms. The van der Waals surface area contributed by atoms with Gasteiger partial charge in [-0.05, 0) is 39.3 Å². The van der Waals surface area contributed by atoms with Crippen LogP contribution >= 0.6 is 0 Å². The normalized spacial score (nSPS) is 12.1. The van der Waals surface area contributed by atoms with E-state index in [1.165, 1.54) is 12.1 Å². The molecule has 0 aliphatic carbocycles. The van der Waals surface area contributed by atoms with Crippen molar-refractivity contribution in [2.24, 2.45) is 5.16 Å². The first-order valence-electron chi connectivity index (χ1n) is 6.71. The molecular weight excluding hydrogens is 275 g/mol. The molecule has 1 aromatic rings. The Hall–Kier alpha value is -2.11. The molecule has 6 heteroatoms. The standard InChI is InChI=1S/C15H21FN2O3/c1-5-15(3,4)17-14(19)9-21-13-8-11(16)6-7-12(13)10(2)18-20/h6-8,20H,5,9H2,1-4H3,(H,17,19). The van der Waals surface area contributed by atoms with Crippen LogP contribution in [0.3, 0.4) is 0 Å². The fourth-order valence-corrected chi connectivity index (χ4v) is 1.61. The molecule has 116 valence electrons. The molecule has 21 heavy (non-hydrogen) atoms. The van der Waals surface area contributed by atoms with Crippen LogP contribution in [0.5, 0.6) is 5.75 Å². The zero-order chi connectivity index (χ0) is 16.0. The number of oxime groups is 1. The van der Waals surface area contributed by atoms with Crippen LogP contribution in [-0.2, 0) is 4.79 Å². The highest BCUT2D eigenvalue weighted by atomic mass is 19.1. The summed E-state index contributed by atoms with van der Waals surface area (Å²) in [5.41, 5.74) is 0.383. The number of carbonyl (C=O) groups is 1. The van der Waals surface area contributed by atoms with Crippen LogP contribution in [0.15, 0.2) is 23.4 Å². The molecule has 0 heterocycles. The first-order chi connectivity index (χ1) is 9.79. The number of rotatable bonds is 6. The lowest BCUT2D eigenvalue weighted by atomic mass is 10.0. The van der Waals surface area contributed by atoms with Gasteiger partial charge in [0.2, 0.25) is 0 Å². The average Bonchev–Trinajstić information content (AvgIpc) is 2.44. The van der Waals surface area contributed by atoms with E-state index < -0.39 is 5.82 Å². The Labute approximate surface area is 123 Å². The Kier molecular flexibility index (Phi) is 5.69. The maximum atomic E-state index is 13.3. The van der Waals surface area contributed by atoms with Crippen molar-refractivity contribution in [1.82, 2.24) is 5.32 Å². The van der Waals surface area contributed by atoms with Gasteiger partial charge in [-0.3, -0.25) is 4.79 Å². The number of benzene rings is 1. The zero-order valence-electron chi connectivity index (χ0n) is 12.7. The molecule has 1 rings (SSSR count). The number of ether oxygens (including phenoxy) is 1. The van der Waals surface area contributed by atoms with Crippen LogP contribution in [0.25, 0.3) is 0 Å². The summed E-state index contributed by atoms with van der Waals surface area (Å²) in [5, 5.41) is 14.7. The Morgan fingerprint density at radius 1 is 1.48 bits per heavy atom. The summed E-state index contributed by atoms with van der Waals surface area (Å²) in [6.07, 6.45) is 0.778. The number of hydrogen-bond acceptors (Lipinski definition) is 4. The van der Waals surface area contributed by atoms with Gasteiger partial charge in [0.05, 0.1) is 5.71 Å². The van der Waals surface area contributed by atoms with Crippen LogP contribution in [0.2, 0.25) is 0 Å². The van der Waals surface area contributed by atoms with Crippen molar-refractivity contribution in [2.75, 3.05) is 6.61 Å². The second-order valence-electron chi connectivity index (χ2n) is 5.40. The summed E-state index contributed by atoms with van der Waals surface area (Å²) in [6, 6.07) is 3.83. The van der Waals surface area contributed by atoms with Crippen LogP contribution in [0, 0.1) is 5.82 Å². The van der Waals surface area contributed by atoms with Gasteiger partial charge in [0.25, 0.3) is 5.91 Å². The van der Waals surface area contributed by atoms with E-state index >= 15 is 0 Å². The Morgan fingerprint density at radius 2 is 2.14 bits per heavy atom. The van der Waals surface area contributed by atoms with Crippen molar-refractivity contribution >= 4 is 11.6 Å². The van der Waals surface area contributed by atoms with E-state index in [1.54, 1.807) is 6.92 Å². The number of carbonyl (C=O) groups excluding carboxylic acids is 1. The van der Waals surface area contributed by atoms with Crippen molar-refractivity contribution in [2.45, 2.75) is 39.7 Å². The third-order valence-electron chi connectivity index (χ3n) is 3.20. The van der Waals surface area contributed by atoms with Gasteiger partial charge in [0, 0.05) is 17.2 Å². The molecule has 0 aliphatic rings. The molecule has 0 unspecified atom stereocenters. The summed E-state index contributed by atoms with van der Waals surface area (Å²) in [7, 11) is 0. The minimum absolute atomic E-state index is 0.162. The van der Waals surface area contributed by atoms with E-state index in [0.717, 1.165) is 12.5 Å². The minimum atomic E-state index is -0.492. The number of nitrogens with zero attached hydrogens (tertiary/aromatic N) is 1. The molecular formula is C15H21FN2O3. The molecule has 0 saturated carbocycles. The zero-order valence-corrected chi connectivity index (χ0v) is 12.7. The Bertz CT molecular complexity index is 542. The van der Waals surface area contributed by atoms with Gasteiger partial charge in [-0.2, -0.15) is 0 Å². The van der Waals surface area contributed by atoms with Crippen molar-refractivity contribution in [3.05, 3.63) is 29.6 Å². The van der Waals surface area contributed by atoms with Gasteiger partial charge in [-0.15, -0.1) is 0 Å². The van der Waals surface area contributed by atoms with Gasteiger partial charge in [0.1, 0.15) is 11.6 Å². The van der Waals surface area contributed by atoms with E-state index in [0.29, 0.717) is 5.56 Å². The van der Waals surface area contributed by atoms with Gasteiger partial charge >= 0.3 is 0 Å². The van der Waals surface area contributed by atoms with Gasteiger partial charge in [0.15, 0.2) is 6.61 Å². The van der Waals surface area contributed by atoms with Gasteiger partial charge < -0.3 is 15.3 Å². The van der Waals surface area contributed by atoms with E-state index in [-0.39, 0.29) is 29.5 Å². The lowest BCUT2D eigenvalue weighted by Gasteiger charge is -2.24. The number of halogens is 1. The largest absolute Gasteiger partial charge is 0.483 e. The molecule has 1 amide bonds. The van der Waals surface area contributed by atoms with E-state index in [2.05, 4.69) is 10.5 Å². The highest BCUT2D eigenvalue weighted by molar-refractivity contribution is 6.00. The van der Waals surface area contributed by atoms with Crippen LogP contribution in [0.1, 0.15) is 39.7 Å². The van der Waals surface area contributed by atoms with E-state index in [1.807, 2.05) is 20.8 Å². The monoisotopic (exact) mass is 296 g/mol. The molecule has 0 radical (unpaired) electrons. The Balaban J connectivity index is 2.79. The smallest absolute Gasteiger partial charge is 0.258 e. The summed E-state index contributed by atoms with van der Waals surface area (Å²) in [6.45, 7) is 7.09. The molecule has 0 aromatic heterocycles. The van der Waals surface area contributed by atoms with Crippen molar-refractivity contribution < 1.29 is 19.1 Å². The summed E-state index contributed by atoms with van der Waals surface area (Å²) in [4.78, 5) is 11.8. The minimum Gasteiger partial charge on any atom is -0.483 e. The SMILES string of the molecule is CCC(C)(C)NC(=O)COc1cc(F)ccc1C(C)=NO. The van der Waals surface area contributed by atoms with Crippen LogP contribution < -0.4 is 10.1 Å². The lowest BCUT2D eigenvalue weighted by molar-refractivity contribution is -0.124. The van der Waals surface area contributed by atoms with Crippen molar-refractivity contribution in [3.63, 3.8) is 0 Å². The molecule has 0 spiro atoms. The Morgan fingerprint density at radius 3 is 2.71 bits per heavy atom. The maximum Gasteiger partial charge on any atom is 0.258 e. The maximum absolute atomic E-state index is 13.3. The van der Waals surface area contributed by atoms with Gasteiger partial charge in [-0.25, -0.2) is 4.39 Å². The van der Waals surface area contributed by atoms with Crippen LogP contribution in [0.4, 0.5) is 4.39 Å². The van der Waals surface area contributed by atoms with Crippen molar-refractivity contribution in [1.29, 1.82) is 0 Å². The van der Waals surface area contributed by atoms with Crippen LogP contribution in [-0.4, -0.2) is 29.0 Å². The number of hydrogen-bond donors (Lipinski definition) is 2. The molecule has 1 aromatic carbocycles. The molecule has 0 aliphatic heterocycles. The van der Waals surface area contributed by atoms with Gasteiger partial charge in [-0.1, -0.05) is 12.1 Å².